The average Bonchev–Trinajstić information content (AvgIpc) is 3.08. The summed E-state index contributed by atoms with van der Waals surface area (Å²) in [5.74, 6) is 0.695. The van der Waals surface area contributed by atoms with E-state index in [1.165, 1.54) is 11.3 Å². The minimum absolute atomic E-state index is 0.134. The van der Waals surface area contributed by atoms with Gasteiger partial charge in [0.1, 0.15) is 6.61 Å². The first-order chi connectivity index (χ1) is 13.6. The zero-order valence-corrected chi connectivity index (χ0v) is 17.3. The van der Waals surface area contributed by atoms with Crippen molar-refractivity contribution in [2.24, 2.45) is 5.10 Å². The largest absolute Gasteiger partial charge is 0.490 e. The summed E-state index contributed by atoms with van der Waals surface area (Å²) in [7, 11) is 0. The third-order valence-electron chi connectivity index (χ3n) is 3.23. The van der Waals surface area contributed by atoms with Gasteiger partial charge in [-0.1, -0.05) is 24.3 Å². The molecule has 0 saturated heterocycles. The Kier molecular flexibility index (Phi) is 8.77. The van der Waals surface area contributed by atoms with Gasteiger partial charge in [-0.15, -0.1) is 11.3 Å². The van der Waals surface area contributed by atoms with Crippen LogP contribution in [0.1, 0.15) is 25.1 Å². The number of anilines is 1. The number of halogens is 1. The Hall–Kier alpha value is -2.58. The second kappa shape index (κ2) is 11.3. The smallest absolute Gasteiger partial charge is 0.311 e. The number of nitrogens with zero attached hydrogens (tertiary/aromatic N) is 2. The zero-order chi connectivity index (χ0) is 20.4. The first kappa shape index (κ1) is 21.7. The van der Waals surface area contributed by atoms with Crippen molar-refractivity contribution >= 4 is 40.3 Å². The summed E-state index contributed by atoms with van der Waals surface area (Å²) in [6, 6.07) is 3.51. The number of nitrogens with one attached hydrogen (secondary N) is 1. The molecule has 150 valence electrons. The number of rotatable bonds is 11. The van der Waals surface area contributed by atoms with E-state index >= 15 is 0 Å². The molecule has 1 heterocycles. The van der Waals surface area contributed by atoms with Crippen LogP contribution in [0.3, 0.4) is 0 Å². The van der Waals surface area contributed by atoms with Crippen LogP contribution in [0.4, 0.5) is 5.13 Å². The molecule has 7 nitrogen and oxygen atoms in total. The maximum Gasteiger partial charge on any atom is 0.311 e. The van der Waals surface area contributed by atoms with Crippen molar-refractivity contribution in [2.45, 2.75) is 20.3 Å². The molecule has 0 saturated carbocycles. The van der Waals surface area contributed by atoms with E-state index in [0.717, 1.165) is 5.56 Å². The van der Waals surface area contributed by atoms with E-state index in [4.69, 9.17) is 25.8 Å². The van der Waals surface area contributed by atoms with Crippen LogP contribution < -0.4 is 14.9 Å². The van der Waals surface area contributed by atoms with Gasteiger partial charge < -0.3 is 14.2 Å². The quantitative estimate of drug-likeness (QED) is 0.251. The Morgan fingerprint density at radius 2 is 2.18 bits per heavy atom. The molecular weight excluding hydrogens is 402 g/mol. The first-order valence-electron chi connectivity index (χ1n) is 8.66. The van der Waals surface area contributed by atoms with E-state index in [-0.39, 0.29) is 12.4 Å². The molecule has 0 aliphatic heterocycles. The summed E-state index contributed by atoms with van der Waals surface area (Å²) >= 11 is 7.65. The van der Waals surface area contributed by atoms with Crippen LogP contribution in [0, 0.1) is 0 Å². The summed E-state index contributed by atoms with van der Waals surface area (Å²) in [5, 5.41) is 6.93. The summed E-state index contributed by atoms with van der Waals surface area (Å²) in [6.45, 7) is 8.42. The Bertz CT molecular complexity index is 839. The van der Waals surface area contributed by atoms with Gasteiger partial charge in [0, 0.05) is 5.38 Å². The number of hydrogen-bond acceptors (Lipinski definition) is 8. The molecule has 0 amide bonds. The molecule has 1 N–H and O–H groups in total. The van der Waals surface area contributed by atoms with Crippen molar-refractivity contribution in [3.63, 3.8) is 0 Å². The minimum atomic E-state index is -0.306. The second-order valence-corrected chi connectivity index (χ2v) is 6.62. The maximum atomic E-state index is 11.5. The molecule has 0 atom stereocenters. The third kappa shape index (κ3) is 6.54. The average molecular weight is 424 g/mol. The molecule has 0 aliphatic carbocycles. The van der Waals surface area contributed by atoms with Gasteiger partial charge in [0.2, 0.25) is 5.13 Å². The zero-order valence-electron chi connectivity index (χ0n) is 15.7. The van der Waals surface area contributed by atoms with Gasteiger partial charge in [-0.3, -0.25) is 10.2 Å². The van der Waals surface area contributed by atoms with Gasteiger partial charge >= 0.3 is 5.97 Å². The molecule has 9 heteroatoms. The lowest BCUT2D eigenvalue weighted by Gasteiger charge is -2.13. The Morgan fingerprint density at radius 1 is 1.36 bits per heavy atom. The Labute approximate surface area is 173 Å². The fourth-order valence-corrected chi connectivity index (χ4v) is 3.10. The molecule has 1 aromatic carbocycles. The molecule has 28 heavy (non-hydrogen) atoms. The molecule has 0 spiro atoms. The number of carbonyl (C=O) groups is 1. The van der Waals surface area contributed by atoms with E-state index in [1.807, 2.05) is 6.92 Å². The lowest BCUT2D eigenvalue weighted by atomic mass is 10.2. The van der Waals surface area contributed by atoms with Crippen molar-refractivity contribution in [1.29, 1.82) is 0 Å². The highest BCUT2D eigenvalue weighted by Crippen LogP contribution is 2.36. The summed E-state index contributed by atoms with van der Waals surface area (Å²) < 4.78 is 16.1. The molecular formula is C19H22ClN3O4S. The van der Waals surface area contributed by atoms with Crippen molar-refractivity contribution in [2.75, 3.05) is 25.2 Å². The van der Waals surface area contributed by atoms with E-state index in [9.17, 15) is 4.79 Å². The lowest BCUT2D eigenvalue weighted by molar-refractivity contribution is -0.142. The van der Waals surface area contributed by atoms with Crippen LogP contribution in [0.25, 0.3) is 0 Å². The molecule has 2 rings (SSSR count). The van der Waals surface area contributed by atoms with Crippen LogP contribution in [-0.2, 0) is 16.0 Å². The Morgan fingerprint density at radius 3 is 2.89 bits per heavy atom. The number of esters is 1. The van der Waals surface area contributed by atoms with Gasteiger partial charge in [-0.05, 0) is 31.5 Å². The third-order valence-corrected chi connectivity index (χ3v) is 4.31. The normalized spacial score (nSPS) is 10.7. The number of thiazole rings is 1. The van der Waals surface area contributed by atoms with Crippen LogP contribution in [0.2, 0.25) is 5.02 Å². The van der Waals surface area contributed by atoms with Gasteiger partial charge in [0.15, 0.2) is 11.5 Å². The van der Waals surface area contributed by atoms with Crippen molar-refractivity contribution < 1.29 is 19.0 Å². The van der Waals surface area contributed by atoms with Crippen molar-refractivity contribution in [3.8, 4) is 11.5 Å². The topological polar surface area (TPSA) is 82.0 Å². The number of aromatic nitrogens is 1. The van der Waals surface area contributed by atoms with E-state index in [2.05, 4.69) is 22.1 Å². The van der Waals surface area contributed by atoms with Crippen molar-refractivity contribution in [1.82, 2.24) is 4.98 Å². The molecule has 0 fully saturated rings. The monoisotopic (exact) mass is 423 g/mol. The SMILES string of the molecule is C=CCOc1c(Cl)cc(C=NNc2nc(CC(=O)OCC)cs2)cc1OCC. The van der Waals surface area contributed by atoms with Crippen LogP contribution in [0.5, 0.6) is 11.5 Å². The highest BCUT2D eigenvalue weighted by Gasteiger charge is 2.12. The fourth-order valence-electron chi connectivity index (χ4n) is 2.17. The van der Waals surface area contributed by atoms with Gasteiger partial charge in [0.05, 0.1) is 36.6 Å². The summed E-state index contributed by atoms with van der Waals surface area (Å²) in [6.07, 6.45) is 3.36. The fraction of sp³-hybridized carbons (Fsp3) is 0.316. The molecule has 0 unspecified atom stereocenters. The van der Waals surface area contributed by atoms with Crippen LogP contribution in [0.15, 0.2) is 35.3 Å². The number of benzene rings is 1. The maximum absolute atomic E-state index is 11.5. The highest BCUT2D eigenvalue weighted by molar-refractivity contribution is 7.13. The summed E-state index contributed by atoms with van der Waals surface area (Å²) in [4.78, 5) is 15.8. The number of ether oxygens (including phenoxy) is 3. The minimum Gasteiger partial charge on any atom is -0.490 e. The van der Waals surface area contributed by atoms with Crippen molar-refractivity contribution in [3.05, 3.63) is 46.4 Å². The number of carbonyl (C=O) groups excluding carboxylic acids is 1. The molecule has 2 aromatic rings. The van der Waals surface area contributed by atoms with Gasteiger partial charge in [0.25, 0.3) is 0 Å². The Balaban J connectivity index is 2.04. The van der Waals surface area contributed by atoms with Gasteiger partial charge in [-0.25, -0.2) is 4.98 Å². The molecule has 0 aliphatic rings. The lowest BCUT2D eigenvalue weighted by Crippen LogP contribution is -2.07. The molecule has 1 aromatic heterocycles. The van der Waals surface area contributed by atoms with Crippen LogP contribution in [-0.4, -0.2) is 37.0 Å². The van der Waals surface area contributed by atoms with Crippen LogP contribution >= 0.6 is 22.9 Å². The number of hydrazone groups is 1. The predicted molar refractivity (Wildman–Crippen MR) is 112 cm³/mol. The molecule has 0 bridgehead atoms. The number of hydrogen-bond donors (Lipinski definition) is 1. The second-order valence-electron chi connectivity index (χ2n) is 5.36. The van der Waals surface area contributed by atoms with Gasteiger partial charge in [-0.2, -0.15) is 5.10 Å². The van der Waals surface area contributed by atoms with E-state index in [0.29, 0.717) is 47.2 Å². The first-order valence-corrected chi connectivity index (χ1v) is 9.92. The summed E-state index contributed by atoms with van der Waals surface area (Å²) in [5.41, 5.74) is 4.20. The van der Waals surface area contributed by atoms with E-state index in [1.54, 1.807) is 36.7 Å². The van der Waals surface area contributed by atoms with E-state index < -0.39 is 0 Å². The standard InChI is InChI=1S/C19H22ClN3O4S/c1-4-7-27-18-15(20)8-13(9-16(18)25-5-2)11-21-23-19-22-14(12-28-19)10-17(24)26-6-3/h4,8-9,11-12H,1,5-7,10H2,2-3H3,(H,22,23). The predicted octanol–water partition coefficient (Wildman–Crippen LogP) is 4.31. The highest BCUT2D eigenvalue weighted by atomic mass is 35.5. The molecule has 0 radical (unpaired) electrons.